The molecule has 0 bridgehead atoms. The molecule has 0 unspecified atom stereocenters. The van der Waals surface area contributed by atoms with Crippen molar-refractivity contribution in [3.8, 4) is 11.1 Å². The second-order valence-corrected chi connectivity index (χ2v) is 8.88. The molecule has 0 atom stereocenters. The Morgan fingerprint density at radius 1 is 0.941 bits per heavy atom. The molecule has 5 rings (SSSR count). The summed E-state index contributed by atoms with van der Waals surface area (Å²) < 4.78 is 5.45. The Bertz CT molecular complexity index is 1420. The third kappa shape index (κ3) is 4.55. The molecule has 3 aromatic carbocycles. The summed E-state index contributed by atoms with van der Waals surface area (Å²) >= 11 is 6.55. The number of hydrogen-bond donors (Lipinski definition) is 1. The van der Waals surface area contributed by atoms with Crippen molar-refractivity contribution < 1.29 is 9.21 Å². The van der Waals surface area contributed by atoms with Crippen LogP contribution < -0.4 is 15.8 Å². The summed E-state index contributed by atoms with van der Waals surface area (Å²) in [5, 5.41) is 4.33. The van der Waals surface area contributed by atoms with Crippen LogP contribution in [0.2, 0.25) is 5.02 Å². The minimum absolute atomic E-state index is 0.282. The van der Waals surface area contributed by atoms with Crippen LogP contribution in [0.5, 0.6) is 0 Å². The minimum atomic E-state index is -0.442. The zero-order valence-electron chi connectivity index (χ0n) is 18.8. The zero-order valence-corrected chi connectivity index (χ0v) is 19.5. The van der Waals surface area contributed by atoms with Crippen LogP contribution in [0.15, 0.2) is 82.0 Å². The summed E-state index contributed by atoms with van der Waals surface area (Å²) in [7, 11) is 2.11. The molecule has 0 aliphatic carbocycles. The number of fused-ring (bicyclic) bond motifs is 1. The van der Waals surface area contributed by atoms with Gasteiger partial charge in [-0.3, -0.25) is 4.79 Å². The molecule has 1 fully saturated rings. The molecule has 1 aliphatic rings. The molecule has 0 radical (unpaired) electrons. The standard InChI is InChI=1S/C27H24ClN3O3/c1-30-11-13-31(14-12-30)24-10-9-21(17-23(24)28)29-26(32)20-7-4-6-18(15-20)22-16-19-5-2-3-8-25(19)34-27(22)33/h2-10,15-17H,11-14H2,1H3,(H,29,32). The zero-order chi connectivity index (χ0) is 23.7. The van der Waals surface area contributed by atoms with Gasteiger partial charge in [-0.25, -0.2) is 4.79 Å². The van der Waals surface area contributed by atoms with Gasteiger partial charge >= 0.3 is 5.63 Å². The van der Waals surface area contributed by atoms with Crippen LogP contribution in [0, 0.1) is 0 Å². The van der Waals surface area contributed by atoms with Crippen molar-refractivity contribution in [3.63, 3.8) is 0 Å². The topological polar surface area (TPSA) is 65.8 Å². The Morgan fingerprint density at radius 3 is 2.53 bits per heavy atom. The van der Waals surface area contributed by atoms with Crippen LogP contribution in [0.1, 0.15) is 10.4 Å². The summed E-state index contributed by atoms with van der Waals surface area (Å²) in [4.78, 5) is 30.0. The fraction of sp³-hybridized carbons (Fsp3) is 0.185. The van der Waals surface area contributed by atoms with E-state index in [-0.39, 0.29) is 5.91 Å². The second kappa shape index (κ2) is 9.33. The molecule has 4 aromatic rings. The van der Waals surface area contributed by atoms with Gasteiger partial charge in [0.1, 0.15) is 5.58 Å². The molecule has 1 N–H and O–H groups in total. The van der Waals surface area contributed by atoms with Gasteiger partial charge in [-0.05, 0) is 55.1 Å². The number of nitrogens with one attached hydrogen (secondary N) is 1. The van der Waals surface area contributed by atoms with Crippen molar-refractivity contribution in [1.29, 1.82) is 0 Å². The number of para-hydroxylation sites is 1. The van der Waals surface area contributed by atoms with Gasteiger partial charge in [0.25, 0.3) is 5.91 Å². The van der Waals surface area contributed by atoms with E-state index in [2.05, 4.69) is 22.2 Å². The predicted molar refractivity (Wildman–Crippen MR) is 137 cm³/mol. The van der Waals surface area contributed by atoms with E-state index >= 15 is 0 Å². The molecule has 6 nitrogen and oxygen atoms in total. The lowest BCUT2D eigenvalue weighted by molar-refractivity contribution is 0.102. The van der Waals surface area contributed by atoms with E-state index in [1.807, 2.05) is 30.3 Å². The van der Waals surface area contributed by atoms with Gasteiger partial charge in [-0.15, -0.1) is 0 Å². The van der Waals surface area contributed by atoms with Crippen molar-refractivity contribution in [2.45, 2.75) is 0 Å². The lowest BCUT2D eigenvalue weighted by Crippen LogP contribution is -2.44. The van der Waals surface area contributed by atoms with Gasteiger partial charge in [0.05, 0.1) is 16.3 Å². The highest BCUT2D eigenvalue weighted by Crippen LogP contribution is 2.30. The number of rotatable bonds is 4. The third-order valence-electron chi connectivity index (χ3n) is 6.13. The summed E-state index contributed by atoms with van der Waals surface area (Å²) in [5.41, 5.74) is 3.14. The molecule has 1 aliphatic heterocycles. The number of piperazine rings is 1. The Morgan fingerprint density at radius 2 is 1.74 bits per heavy atom. The van der Waals surface area contributed by atoms with Gasteiger partial charge in [-0.1, -0.05) is 41.9 Å². The monoisotopic (exact) mass is 473 g/mol. The van der Waals surface area contributed by atoms with Crippen LogP contribution >= 0.6 is 11.6 Å². The maximum atomic E-state index is 13.0. The molecule has 1 saturated heterocycles. The van der Waals surface area contributed by atoms with Crippen molar-refractivity contribution in [1.82, 2.24) is 4.90 Å². The normalized spacial score (nSPS) is 14.4. The molecule has 34 heavy (non-hydrogen) atoms. The SMILES string of the molecule is CN1CCN(c2ccc(NC(=O)c3cccc(-c4cc5ccccc5oc4=O)c3)cc2Cl)CC1. The molecule has 7 heteroatoms. The van der Waals surface area contributed by atoms with Gasteiger partial charge in [0.2, 0.25) is 0 Å². The maximum Gasteiger partial charge on any atom is 0.344 e. The molecule has 0 saturated carbocycles. The Labute approximate surface area is 202 Å². The smallest absolute Gasteiger partial charge is 0.344 e. The number of hydrogen-bond acceptors (Lipinski definition) is 5. The number of carbonyl (C=O) groups excluding carboxylic acids is 1. The van der Waals surface area contributed by atoms with E-state index in [1.54, 1.807) is 42.5 Å². The van der Waals surface area contributed by atoms with Gasteiger partial charge in [0, 0.05) is 42.8 Å². The van der Waals surface area contributed by atoms with Crippen molar-refractivity contribution in [3.05, 3.63) is 93.8 Å². The third-order valence-corrected chi connectivity index (χ3v) is 6.43. The first-order chi connectivity index (χ1) is 16.5. The fourth-order valence-corrected chi connectivity index (χ4v) is 4.48. The summed E-state index contributed by atoms with van der Waals surface area (Å²) in [6, 6.07) is 21.7. The van der Waals surface area contributed by atoms with E-state index in [0.29, 0.717) is 33.0 Å². The molecule has 1 aromatic heterocycles. The van der Waals surface area contributed by atoms with Crippen molar-refractivity contribution in [2.75, 3.05) is 43.4 Å². The first kappa shape index (κ1) is 22.2. The Kier molecular flexibility index (Phi) is 6.09. The first-order valence-corrected chi connectivity index (χ1v) is 11.5. The highest BCUT2D eigenvalue weighted by atomic mass is 35.5. The van der Waals surface area contributed by atoms with E-state index < -0.39 is 5.63 Å². The molecule has 0 spiro atoms. The van der Waals surface area contributed by atoms with Crippen LogP contribution in [0.4, 0.5) is 11.4 Å². The van der Waals surface area contributed by atoms with Crippen molar-refractivity contribution in [2.24, 2.45) is 0 Å². The number of likely N-dealkylation sites (N-methyl/N-ethyl adjacent to an activating group) is 1. The minimum Gasteiger partial charge on any atom is -0.422 e. The average Bonchev–Trinajstić information content (AvgIpc) is 2.84. The lowest BCUT2D eigenvalue weighted by Gasteiger charge is -2.34. The molecule has 1 amide bonds. The molecular weight excluding hydrogens is 450 g/mol. The highest BCUT2D eigenvalue weighted by molar-refractivity contribution is 6.33. The van der Waals surface area contributed by atoms with E-state index in [0.717, 1.165) is 37.3 Å². The van der Waals surface area contributed by atoms with Gasteiger partial charge < -0.3 is 19.5 Å². The first-order valence-electron chi connectivity index (χ1n) is 11.2. The van der Waals surface area contributed by atoms with E-state index in [4.69, 9.17) is 16.0 Å². The fourth-order valence-electron chi connectivity index (χ4n) is 4.18. The highest BCUT2D eigenvalue weighted by Gasteiger charge is 2.17. The molecular formula is C27H24ClN3O3. The number of amides is 1. The van der Waals surface area contributed by atoms with Gasteiger partial charge in [-0.2, -0.15) is 0 Å². The maximum absolute atomic E-state index is 13.0. The van der Waals surface area contributed by atoms with Crippen molar-refractivity contribution >= 4 is 39.9 Å². The lowest BCUT2D eigenvalue weighted by atomic mass is 10.0. The molecule has 172 valence electrons. The molecule has 2 heterocycles. The summed E-state index contributed by atoms with van der Waals surface area (Å²) in [5.74, 6) is -0.282. The number of halogens is 1. The number of carbonyl (C=O) groups is 1. The number of anilines is 2. The summed E-state index contributed by atoms with van der Waals surface area (Å²) in [6.07, 6.45) is 0. The van der Waals surface area contributed by atoms with E-state index in [9.17, 15) is 9.59 Å². The number of benzene rings is 3. The van der Waals surface area contributed by atoms with Crippen LogP contribution in [-0.4, -0.2) is 44.0 Å². The number of nitrogens with zero attached hydrogens (tertiary/aromatic N) is 2. The van der Waals surface area contributed by atoms with Crippen LogP contribution in [-0.2, 0) is 0 Å². The predicted octanol–water partition coefficient (Wildman–Crippen LogP) is 5.12. The largest absolute Gasteiger partial charge is 0.422 e. The second-order valence-electron chi connectivity index (χ2n) is 8.48. The Hall–Kier alpha value is -3.61. The quantitative estimate of drug-likeness (QED) is 0.417. The average molecular weight is 474 g/mol. The Balaban J connectivity index is 1.36. The van der Waals surface area contributed by atoms with Crippen LogP contribution in [0.3, 0.4) is 0 Å². The van der Waals surface area contributed by atoms with Gasteiger partial charge in [0.15, 0.2) is 0 Å². The van der Waals surface area contributed by atoms with Crippen LogP contribution in [0.25, 0.3) is 22.1 Å². The van der Waals surface area contributed by atoms with E-state index in [1.165, 1.54) is 0 Å². The summed E-state index contributed by atoms with van der Waals surface area (Å²) in [6.45, 7) is 3.80.